The fraction of sp³-hybridized carbons (Fsp3) is 0.286. The van der Waals surface area contributed by atoms with Gasteiger partial charge in [-0.05, 0) is 62.4 Å². The first-order valence-corrected chi connectivity index (χ1v) is 12.3. The molecule has 0 bridgehead atoms. The largest absolute Gasteiger partial charge is 0.400 e. The number of carbonyl (C=O) groups is 3. The van der Waals surface area contributed by atoms with Crippen molar-refractivity contribution in [3.8, 4) is 0 Å². The molecule has 2 aliphatic rings. The topological polar surface area (TPSA) is 148 Å². The number of hydrogen-bond acceptors (Lipinski definition) is 5. The second-order valence-electron chi connectivity index (χ2n) is 10.1. The zero-order chi connectivity index (χ0) is 27.6. The van der Waals surface area contributed by atoms with Gasteiger partial charge in [0.25, 0.3) is 5.84 Å². The van der Waals surface area contributed by atoms with Crippen LogP contribution in [-0.4, -0.2) is 59.2 Å². The van der Waals surface area contributed by atoms with Gasteiger partial charge in [0.1, 0.15) is 0 Å². The Balaban J connectivity index is 1.48. The summed E-state index contributed by atoms with van der Waals surface area (Å²) in [5.74, 6) is -0.700. The summed E-state index contributed by atoms with van der Waals surface area (Å²) in [7, 11) is 2.02. The fourth-order valence-electron chi connectivity index (χ4n) is 4.81. The average molecular weight is 517 g/mol. The van der Waals surface area contributed by atoms with Crippen LogP contribution < -0.4 is 27.1 Å². The maximum atomic E-state index is 13.5. The van der Waals surface area contributed by atoms with Gasteiger partial charge >= 0.3 is 11.9 Å². The van der Waals surface area contributed by atoms with Crippen LogP contribution in [0.5, 0.6) is 0 Å². The van der Waals surface area contributed by atoms with E-state index in [0.29, 0.717) is 29.1 Å². The van der Waals surface area contributed by atoms with Crippen molar-refractivity contribution >= 4 is 29.4 Å². The van der Waals surface area contributed by atoms with Crippen molar-refractivity contribution in [2.24, 2.45) is 11.5 Å². The molecule has 4 amide bonds. The molecule has 10 heteroatoms. The summed E-state index contributed by atoms with van der Waals surface area (Å²) in [4.78, 5) is 44.2. The van der Waals surface area contributed by atoms with Gasteiger partial charge in [-0.3, -0.25) is 15.4 Å². The Bertz CT molecular complexity index is 1340. The highest BCUT2D eigenvalue weighted by atomic mass is 16.2. The van der Waals surface area contributed by atoms with Crippen LogP contribution >= 0.6 is 0 Å². The van der Waals surface area contributed by atoms with E-state index >= 15 is 0 Å². The predicted molar refractivity (Wildman–Crippen MR) is 146 cm³/mol. The molecule has 2 heterocycles. The Hall–Kier alpha value is -4.44. The smallest absolute Gasteiger partial charge is 0.338 e. The average Bonchev–Trinajstić information content (AvgIpc) is 3.12. The highest BCUT2D eigenvalue weighted by molar-refractivity contribution is 6.01. The zero-order valence-electron chi connectivity index (χ0n) is 21.9. The number of fused-ring (bicyclic) bond motifs is 1. The van der Waals surface area contributed by atoms with E-state index in [2.05, 4.69) is 33.2 Å². The number of amidine groups is 1. The van der Waals surface area contributed by atoms with Crippen LogP contribution in [0.3, 0.4) is 0 Å². The maximum Gasteiger partial charge on any atom is 0.338 e. The highest BCUT2D eigenvalue weighted by Gasteiger charge is 2.44. The van der Waals surface area contributed by atoms with Crippen molar-refractivity contribution in [1.82, 2.24) is 15.1 Å². The molecule has 0 spiro atoms. The second kappa shape index (κ2) is 10.5. The van der Waals surface area contributed by atoms with Crippen molar-refractivity contribution in [3.05, 3.63) is 89.1 Å². The van der Waals surface area contributed by atoms with Gasteiger partial charge in [0, 0.05) is 24.5 Å². The molecule has 0 aliphatic carbocycles. The van der Waals surface area contributed by atoms with Gasteiger partial charge < -0.3 is 21.3 Å². The number of rotatable bonds is 5. The number of benzene rings is 2. The number of likely N-dealkylation sites (N-methyl/N-ethyl adjacent to an activating group) is 1. The number of nitrogens with two attached hydrogens (primary N) is 2. The van der Waals surface area contributed by atoms with E-state index in [0.717, 1.165) is 18.2 Å². The molecule has 2 aromatic carbocycles. The number of nitrogens with one attached hydrogen (secondary N) is 3. The van der Waals surface area contributed by atoms with Gasteiger partial charge in [-0.15, -0.1) is 0 Å². The summed E-state index contributed by atoms with van der Waals surface area (Å²) >= 11 is 0. The van der Waals surface area contributed by atoms with Crippen LogP contribution in [0.25, 0.3) is 0 Å². The predicted octanol–water partition coefficient (Wildman–Crippen LogP) is 0.592. The van der Waals surface area contributed by atoms with E-state index in [4.69, 9.17) is 11.5 Å². The summed E-state index contributed by atoms with van der Waals surface area (Å²) in [6.07, 6.45) is 1.16. The van der Waals surface area contributed by atoms with E-state index in [1.807, 2.05) is 39.1 Å². The molecular formula is C28H34N7O3+. The lowest BCUT2D eigenvalue weighted by atomic mass is 9.95. The maximum absolute atomic E-state index is 13.5. The van der Waals surface area contributed by atoms with Crippen molar-refractivity contribution in [2.45, 2.75) is 32.0 Å². The first-order chi connectivity index (χ1) is 18.0. The number of anilines is 1. The molecule has 0 aromatic heterocycles. The number of amides is 4. The van der Waals surface area contributed by atoms with E-state index in [1.54, 1.807) is 29.2 Å². The minimum Gasteiger partial charge on any atom is -0.400 e. The SMILES string of the molecule is C=CC(=O)Nc1ccc(C(=O)[NH+]=C(N)C2=C(N)C(C)(C)N(C(=O)NC3CN(C)Cc4ccccc43)C2)cc1. The molecule has 0 saturated carbocycles. The summed E-state index contributed by atoms with van der Waals surface area (Å²) in [5, 5.41) is 5.78. The van der Waals surface area contributed by atoms with Crippen molar-refractivity contribution in [1.29, 1.82) is 0 Å². The van der Waals surface area contributed by atoms with Gasteiger partial charge in [0.05, 0.1) is 29.3 Å². The molecular weight excluding hydrogens is 482 g/mol. The highest BCUT2D eigenvalue weighted by Crippen LogP contribution is 2.32. The third kappa shape index (κ3) is 5.30. The summed E-state index contributed by atoms with van der Waals surface area (Å²) in [5.41, 5.74) is 16.0. The third-order valence-corrected chi connectivity index (χ3v) is 7.06. The van der Waals surface area contributed by atoms with E-state index in [1.165, 1.54) is 5.56 Å². The van der Waals surface area contributed by atoms with Crippen LogP contribution in [0.2, 0.25) is 0 Å². The Morgan fingerprint density at radius 2 is 1.79 bits per heavy atom. The Kier molecular flexibility index (Phi) is 7.36. The standard InChI is InChI=1S/C28H33N7O3/c1-5-23(36)31-19-12-10-17(11-13-19)26(37)33-25(30)21-15-35(28(2,3)24(21)29)27(38)32-22-16-34(4)14-18-8-6-7-9-20(18)22/h5-13,22H,1,14-16,29H2,2-4H3,(H,31,36)(H,32,38)(H2,30,33,37)/p+1. The first-order valence-electron chi connectivity index (χ1n) is 12.3. The van der Waals surface area contributed by atoms with Crippen LogP contribution in [0, 0.1) is 0 Å². The van der Waals surface area contributed by atoms with Gasteiger partial charge in [-0.1, -0.05) is 30.8 Å². The fourth-order valence-corrected chi connectivity index (χ4v) is 4.81. The summed E-state index contributed by atoms with van der Waals surface area (Å²) in [6.45, 7) is 8.77. The van der Waals surface area contributed by atoms with E-state index in [9.17, 15) is 14.4 Å². The monoisotopic (exact) mass is 516 g/mol. The summed E-state index contributed by atoms with van der Waals surface area (Å²) < 4.78 is 0. The van der Waals surface area contributed by atoms with Crippen LogP contribution in [-0.2, 0) is 11.3 Å². The quantitative estimate of drug-likeness (QED) is 0.223. The molecule has 4 rings (SSSR count). The molecule has 1 unspecified atom stereocenters. The Morgan fingerprint density at radius 1 is 1.11 bits per heavy atom. The van der Waals surface area contributed by atoms with Crippen LogP contribution in [0.4, 0.5) is 10.5 Å². The Labute approximate surface area is 222 Å². The lowest BCUT2D eigenvalue weighted by Gasteiger charge is -2.37. The van der Waals surface area contributed by atoms with Crippen LogP contribution in [0.15, 0.2) is 72.5 Å². The van der Waals surface area contributed by atoms with Gasteiger partial charge in [-0.2, -0.15) is 0 Å². The normalized spacial score (nSPS) is 19.1. The third-order valence-electron chi connectivity index (χ3n) is 7.06. The molecule has 7 N–H and O–H groups in total. The molecule has 38 heavy (non-hydrogen) atoms. The first kappa shape index (κ1) is 26.6. The lowest BCUT2D eigenvalue weighted by Crippen LogP contribution is -2.80. The van der Waals surface area contributed by atoms with Gasteiger partial charge in [0.15, 0.2) is 0 Å². The molecule has 2 aromatic rings. The second-order valence-corrected chi connectivity index (χ2v) is 10.1. The molecule has 2 aliphatic heterocycles. The minimum absolute atomic E-state index is 0.0858. The number of hydrogen-bond donors (Lipinski definition) is 5. The van der Waals surface area contributed by atoms with E-state index in [-0.39, 0.29) is 30.4 Å². The number of carbonyl (C=O) groups excluding carboxylic acids is 3. The van der Waals surface area contributed by atoms with Crippen molar-refractivity contribution < 1.29 is 19.4 Å². The molecule has 0 fully saturated rings. The minimum atomic E-state index is -0.820. The Morgan fingerprint density at radius 3 is 2.47 bits per heavy atom. The number of urea groups is 1. The van der Waals surface area contributed by atoms with Crippen molar-refractivity contribution in [3.63, 3.8) is 0 Å². The molecule has 198 valence electrons. The molecule has 1 atom stereocenters. The van der Waals surface area contributed by atoms with Gasteiger partial charge in [-0.25, -0.2) is 14.6 Å². The van der Waals surface area contributed by atoms with Crippen molar-refractivity contribution in [2.75, 3.05) is 25.5 Å². The molecule has 10 nitrogen and oxygen atoms in total. The molecule has 0 radical (unpaired) electrons. The molecule has 0 saturated heterocycles. The zero-order valence-corrected chi connectivity index (χ0v) is 21.9. The summed E-state index contributed by atoms with van der Waals surface area (Å²) in [6, 6.07) is 14.0. The van der Waals surface area contributed by atoms with Crippen LogP contribution in [0.1, 0.15) is 41.4 Å². The van der Waals surface area contributed by atoms with E-state index < -0.39 is 11.4 Å². The van der Waals surface area contributed by atoms with Gasteiger partial charge in [0.2, 0.25) is 5.91 Å². The number of nitrogens with zero attached hydrogens (tertiary/aromatic N) is 2. The lowest BCUT2D eigenvalue weighted by molar-refractivity contribution is -0.345.